The second-order valence-corrected chi connectivity index (χ2v) is 7.77. The Hall–Kier alpha value is -2.38. The molecule has 3 heterocycles. The van der Waals surface area contributed by atoms with E-state index in [-0.39, 0.29) is 0 Å². The van der Waals surface area contributed by atoms with Gasteiger partial charge < -0.3 is 9.97 Å². The van der Waals surface area contributed by atoms with Gasteiger partial charge in [0.25, 0.3) is 0 Å². The van der Waals surface area contributed by atoms with E-state index < -0.39 is 0 Å². The molecule has 0 amide bonds. The lowest BCUT2D eigenvalue weighted by molar-refractivity contribution is 1.05. The van der Waals surface area contributed by atoms with Gasteiger partial charge in [0.2, 0.25) is 0 Å². The lowest BCUT2D eigenvalue weighted by atomic mass is 10.1. The van der Waals surface area contributed by atoms with Crippen molar-refractivity contribution in [3.05, 3.63) is 69.5 Å². The largest absolute Gasteiger partial charge is 0.360 e. The fourth-order valence-corrected chi connectivity index (χ4v) is 3.89. The lowest BCUT2D eigenvalue weighted by Gasteiger charge is -2.02. The Kier molecular flexibility index (Phi) is 3.72. The van der Waals surface area contributed by atoms with Crippen LogP contribution in [0.1, 0.15) is 0 Å². The van der Waals surface area contributed by atoms with Gasteiger partial charge in [0.05, 0.1) is 11.4 Å². The van der Waals surface area contributed by atoms with Crippen LogP contribution in [0.2, 0.25) is 5.02 Å². The van der Waals surface area contributed by atoms with Crippen LogP contribution >= 0.6 is 34.2 Å². The maximum Gasteiger partial charge on any atom is 0.0951 e. The first-order valence-corrected chi connectivity index (χ1v) is 9.52. The molecule has 0 aliphatic rings. The van der Waals surface area contributed by atoms with Gasteiger partial charge in [-0.1, -0.05) is 11.6 Å². The highest BCUT2D eigenvalue weighted by Gasteiger charge is 2.11. The molecule has 0 fully saturated rings. The number of halogens is 2. The minimum atomic E-state index is 0.705. The van der Waals surface area contributed by atoms with E-state index in [9.17, 15) is 0 Å². The highest BCUT2D eigenvalue weighted by Crippen LogP contribution is 2.31. The van der Waals surface area contributed by atoms with Crippen molar-refractivity contribution in [3.8, 4) is 22.5 Å². The molecule has 5 rings (SSSR count). The number of hydrogen-bond donors (Lipinski definition) is 2. The topological polar surface area (TPSA) is 57.4 Å². The first-order chi connectivity index (χ1) is 12.7. The molecule has 126 valence electrons. The highest BCUT2D eigenvalue weighted by molar-refractivity contribution is 14.1. The molecule has 6 heteroatoms. The van der Waals surface area contributed by atoms with Crippen LogP contribution in [0.15, 0.2) is 60.9 Å². The zero-order valence-corrected chi connectivity index (χ0v) is 16.3. The minimum Gasteiger partial charge on any atom is -0.360 e. The predicted molar refractivity (Wildman–Crippen MR) is 114 cm³/mol. The average Bonchev–Trinajstić information content (AvgIpc) is 3.25. The Labute approximate surface area is 167 Å². The summed E-state index contributed by atoms with van der Waals surface area (Å²) in [5.74, 6) is 0. The first-order valence-electron chi connectivity index (χ1n) is 8.07. The second-order valence-electron chi connectivity index (χ2n) is 6.09. The third-order valence-corrected chi connectivity index (χ3v) is 5.41. The fourth-order valence-electron chi connectivity index (χ4n) is 3.23. The van der Waals surface area contributed by atoms with Gasteiger partial charge in [-0.25, -0.2) is 0 Å². The Morgan fingerprint density at radius 3 is 1.92 bits per heavy atom. The number of fused-ring (bicyclic) bond motifs is 2. The van der Waals surface area contributed by atoms with E-state index >= 15 is 0 Å². The van der Waals surface area contributed by atoms with Crippen molar-refractivity contribution in [2.45, 2.75) is 0 Å². The summed E-state index contributed by atoms with van der Waals surface area (Å²) < 4.78 is 1.19. The number of aromatic amines is 2. The van der Waals surface area contributed by atoms with E-state index in [1.54, 1.807) is 0 Å². The lowest BCUT2D eigenvalue weighted by Crippen LogP contribution is -1.90. The van der Waals surface area contributed by atoms with Gasteiger partial charge in [0.1, 0.15) is 0 Å². The number of rotatable bonds is 2. The summed E-state index contributed by atoms with van der Waals surface area (Å²) in [5.41, 5.74) is 5.84. The number of aromatic nitrogens is 4. The third kappa shape index (κ3) is 2.59. The Morgan fingerprint density at radius 1 is 0.731 bits per heavy atom. The van der Waals surface area contributed by atoms with Crippen LogP contribution in [0.4, 0.5) is 0 Å². The van der Waals surface area contributed by atoms with E-state index in [0.29, 0.717) is 5.02 Å². The van der Waals surface area contributed by atoms with Crippen LogP contribution in [0.3, 0.4) is 0 Å². The summed E-state index contributed by atoms with van der Waals surface area (Å²) in [7, 11) is 0. The van der Waals surface area contributed by atoms with Crippen LogP contribution < -0.4 is 0 Å². The summed E-state index contributed by atoms with van der Waals surface area (Å²) in [6.07, 6.45) is 3.93. The summed E-state index contributed by atoms with van der Waals surface area (Å²) >= 11 is 8.46. The Bertz CT molecular complexity index is 1160. The quantitative estimate of drug-likeness (QED) is 0.309. The zero-order chi connectivity index (χ0) is 17.7. The number of hydrogen-bond acceptors (Lipinski definition) is 2. The molecule has 0 saturated carbocycles. The van der Waals surface area contributed by atoms with Gasteiger partial charge in [0, 0.05) is 53.9 Å². The van der Waals surface area contributed by atoms with Crippen LogP contribution in [0, 0.1) is 3.57 Å². The molecular formula is C20H12ClIN4. The molecule has 0 saturated heterocycles. The molecule has 2 N–H and O–H groups in total. The molecule has 0 bridgehead atoms. The van der Waals surface area contributed by atoms with Gasteiger partial charge >= 0.3 is 0 Å². The molecule has 2 aromatic carbocycles. The SMILES string of the molecule is Clc1ccc2[nH]cc(-c3ccc(-c4c[nH]c5ccc(I)cc45)nn3)c2c1. The van der Waals surface area contributed by atoms with Gasteiger partial charge in [-0.05, 0) is 71.1 Å². The van der Waals surface area contributed by atoms with E-state index in [0.717, 1.165) is 44.3 Å². The predicted octanol–water partition coefficient (Wildman–Crippen LogP) is 6.03. The van der Waals surface area contributed by atoms with Crippen LogP contribution in [0.25, 0.3) is 44.3 Å². The average molecular weight is 471 g/mol. The molecule has 0 unspecified atom stereocenters. The molecular weight excluding hydrogens is 459 g/mol. The number of H-pyrrole nitrogens is 2. The molecule has 26 heavy (non-hydrogen) atoms. The standard InChI is InChI=1S/C20H12ClIN4/c21-11-1-3-17-13(7-11)15(9-23-17)19-5-6-20(26-25-19)16-10-24-18-4-2-12(22)8-14(16)18/h1-10,23-24H. The summed E-state index contributed by atoms with van der Waals surface area (Å²) in [6, 6.07) is 16.1. The Morgan fingerprint density at radius 2 is 1.31 bits per heavy atom. The van der Waals surface area contributed by atoms with Gasteiger partial charge in [-0.2, -0.15) is 0 Å². The van der Waals surface area contributed by atoms with Crippen molar-refractivity contribution in [1.29, 1.82) is 0 Å². The molecule has 3 aromatic heterocycles. The normalized spacial score (nSPS) is 11.5. The molecule has 0 aliphatic carbocycles. The third-order valence-electron chi connectivity index (χ3n) is 4.50. The maximum atomic E-state index is 6.14. The van der Waals surface area contributed by atoms with Crippen molar-refractivity contribution >= 4 is 56.0 Å². The van der Waals surface area contributed by atoms with Gasteiger partial charge in [0.15, 0.2) is 0 Å². The highest BCUT2D eigenvalue weighted by atomic mass is 127. The first kappa shape index (κ1) is 15.8. The van der Waals surface area contributed by atoms with E-state index in [4.69, 9.17) is 11.6 Å². The second kappa shape index (κ2) is 6.10. The van der Waals surface area contributed by atoms with Gasteiger partial charge in [-0.3, -0.25) is 0 Å². The van der Waals surface area contributed by atoms with E-state index in [1.165, 1.54) is 3.57 Å². The summed E-state index contributed by atoms with van der Waals surface area (Å²) in [4.78, 5) is 6.55. The molecule has 0 aliphatic heterocycles. The number of benzene rings is 2. The van der Waals surface area contributed by atoms with Crippen molar-refractivity contribution in [2.24, 2.45) is 0 Å². The van der Waals surface area contributed by atoms with Crippen molar-refractivity contribution in [2.75, 3.05) is 0 Å². The molecule has 0 atom stereocenters. The molecule has 0 radical (unpaired) electrons. The van der Waals surface area contributed by atoms with Crippen LogP contribution in [-0.4, -0.2) is 20.2 Å². The van der Waals surface area contributed by atoms with Crippen LogP contribution in [0.5, 0.6) is 0 Å². The molecule has 0 spiro atoms. The van der Waals surface area contributed by atoms with E-state index in [2.05, 4.69) is 61.0 Å². The zero-order valence-electron chi connectivity index (χ0n) is 13.4. The van der Waals surface area contributed by atoms with Crippen molar-refractivity contribution < 1.29 is 0 Å². The van der Waals surface area contributed by atoms with E-state index in [1.807, 2.05) is 42.7 Å². The van der Waals surface area contributed by atoms with Crippen molar-refractivity contribution in [3.63, 3.8) is 0 Å². The molecule has 4 nitrogen and oxygen atoms in total. The molecule has 5 aromatic rings. The van der Waals surface area contributed by atoms with Gasteiger partial charge in [-0.15, -0.1) is 10.2 Å². The number of nitrogens with one attached hydrogen (secondary N) is 2. The monoisotopic (exact) mass is 470 g/mol. The summed E-state index contributed by atoms with van der Waals surface area (Å²) in [5, 5.41) is 11.8. The smallest absolute Gasteiger partial charge is 0.0951 e. The van der Waals surface area contributed by atoms with Crippen molar-refractivity contribution in [1.82, 2.24) is 20.2 Å². The maximum absolute atomic E-state index is 6.14. The Balaban J connectivity index is 1.60. The minimum absolute atomic E-state index is 0.705. The number of nitrogens with zero attached hydrogens (tertiary/aromatic N) is 2. The van der Waals surface area contributed by atoms with Crippen LogP contribution in [-0.2, 0) is 0 Å². The summed E-state index contributed by atoms with van der Waals surface area (Å²) in [6.45, 7) is 0. The fraction of sp³-hybridized carbons (Fsp3) is 0.